The minimum Gasteiger partial charge on any atom is -0.465 e. The number of benzene rings is 2. The van der Waals surface area contributed by atoms with Gasteiger partial charge in [0.05, 0.1) is 23.3 Å². The van der Waals surface area contributed by atoms with Gasteiger partial charge >= 0.3 is 5.97 Å². The third-order valence-electron chi connectivity index (χ3n) is 3.90. The van der Waals surface area contributed by atoms with Gasteiger partial charge in [0.1, 0.15) is 0 Å². The Balaban J connectivity index is 2.16. The van der Waals surface area contributed by atoms with E-state index >= 15 is 0 Å². The van der Waals surface area contributed by atoms with Crippen molar-refractivity contribution in [2.75, 3.05) is 12.9 Å². The van der Waals surface area contributed by atoms with E-state index in [1.54, 1.807) is 30.3 Å². The molecule has 0 aliphatic heterocycles. The molecule has 0 saturated heterocycles. The van der Waals surface area contributed by atoms with Crippen LogP contribution in [0.3, 0.4) is 0 Å². The monoisotopic (exact) mass is 410 g/mol. The predicted octanol–water partition coefficient (Wildman–Crippen LogP) is 6.49. The molecule has 0 amide bonds. The fraction of sp³-hybridized carbons (Fsp3) is 0.278. The molecule has 0 spiro atoms. The van der Waals surface area contributed by atoms with Crippen molar-refractivity contribution in [1.29, 1.82) is 0 Å². The Morgan fingerprint density at radius 1 is 1.04 bits per heavy atom. The van der Waals surface area contributed by atoms with Crippen LogP contribution in [0.5, 0.6) is 0 Å². The molecule has 0 fully saturated rings. The number of ether oxygens (including phenoxy) is 1. The number of esters is 1. The maximum absolute atomic E-state index is 14.5. The van der Waals surface area contributed by atoms with Crippen LogP contribution in [0.2, 0.25) is 0 Å². The molecule has 0 N–H and O–H groups in total. The molecule has 0 bridgehead atoms. The van der Waals surface area contributed by atoms with Gasteiger partial charge in [-0.15, -0.1) is 27.1 Å². The Hall–Kier alpha value is -1.73. The Kier molecular flexibility index (Phi) is 5.36. The average molecular weight is 411 g/mol. The second-order valence-corrected chi connectivity index (χ2v) is 9.94. The lowest BCUT2D eigenvalue weighted by Crippen LogP contribution is -2.25. The number of methoxy groups -OCH3 is 1. The summed E-state index contributed by atoms with van der Waals surface area (Å²) < 4.78 is 62.4. The summed E-state index contributed by atoms with van der Waals surface area (Å²) in [6, 6.07) is 11.8. The largest absolute Gasteiger partial charge is 0.465 e. The molecule has 0 radical (unpaired) electrons. The molecule has 2 aromatic carbocycles. The van der Waals surface area contributed by atoms with E-state index < -0.39 is 31.8 Å². The maximum atomic E-state index is 14.5. The third kappa shape index (κ3) is 5.14. The second kappa shape index (κ2) is 6.78. The van der Waals surface area contributed by atoms with Crippen LogP contribution in [-0.2, 0) is 11.2 Å². The predicted molar refractivity (Wildman–Crippen MR) is 97.3 cm³/mol. The van der Waals surface area contributed by atoms with Crippen LogP contribution in [0.4, 0.5) is 15.5 Å². The van der Waals surface area contributed by atoms with Crippen LogP contribution < -0.4 is 0 Å². The van der Waals surface area contributed by atoms with Gasteiger partial charge in [-0.1, -0.05) is 30.3 Å². The molecular weight excluding hydrogens is 392 g/mol. The van der Waals surface area contributed by atoms with Gasteiger partial charge in [0, 0.05) is 5.38 Å². The molecular formula is C18H19ClF4O2S. The average Bonchev–Trinajstić information content (AvgIpc) is 2.59. The number of alkyl halides is 1. The van der Waals surface area contributed by atoms with Gasteiger partial charge in [-0.3, -0.25) is 0 Å². The first-order valence-corrected chi connectivity index (χ1v) is 10.5. The minimum absolute atomic E-state index is 0.00646. The van der Waals surface area contributed by atoms with Crippen molar-refractivity contribution in [2.45, 2.75) is 23.1 Å². The minimum atomic E-state index is -8.57. The number of carbonyl (C=O) groups is 1. The highest BCUT2D eigenvalue weighted by molar-refractivity contribution is 8.49. The molecule has 2 nitrogen and oxygen atoms in total. The number of aryl methyl sites for hydroxylation is 1. The summed E-state index contributed by atoms with van der Waals surface area (Å²) in [5.41, 5.74) is 0.750. The van der Waals surface area contributed by atoms with E-state index in [0.29, 0.717) is 18.6 Å². The maximum Gasteiger partial charge on any atom is 0.337 e. The Morgan fingerprint density at radius 2 is 1.62 bits per heavy atom. The van der Waals surface area contributed by atoms with Crippen molar-refractivity contribution in [3.05, 3.63) is 65.7 Å². The molecule has 1 unspecified atom stereocenters. The molecule has 2 aromatic rings. The quantitative estimate of drug-likeness (QED) is 0.296. The van der Waals surface area contributed by atoms with Crippen molar-refractivity contribution in [1.82, 2.24) is 0 Å². The van der Waals surface area contributed by atoms with E-state index in [0.717, 1.165) is 24.8 Å². The molecule has 8 heteroatoms. The summed E-state index contributed by atoms with van der Waals surface area (Å²) in [4.78, 5) is 9.92. The van der Waals surface area contributed by atoms with Crippen LogP contribution in [0, 0.1) is 0 Å². The fourth-order valence-corrected chi connectivity index (χ4v) is 5.22. The summed E-state index contributed by atoms with van der Waals surface area (Å²) in [5, 5.41) is -1.40. The summed E-state index contributed by atoms with van der Waals surface area (Å²) in [5.74, 6) is -2.52. The van der Waals surface area contributed by atoms with E-state index in [1.807, 2.05) is 0 Å². The first-order valence-electron chi connectivity index (χ1n) is 7.80. The first-order chi connectivity index (χ1) is 11.9. The van der Waals surface area contributed by atoms with Crippen LogP contribution in [0.15, 0.2) is 59.5 Å². The molecule has 2 rings (SSSR count). The Labute approximate surface area is 154 Å². The molecule has 0 aromatic heterocycles. The number of halogens is 5. The van der Waals surface area contributed by atoms with Crippen LogP contribution in [-0.4, -0.2) is 24.2 Å². The van der Waals surface area contributed by atoms with E-state index in [2.05, 4.69) is 4.74 Å². The summed E-state index contributed by atoms with van der Waals surface area (Å²) in [7, 11) is -7.46. The van der Waals surface area contributed by atoms with Gasteiger partial charge in [-0.05, 0) is 42.7 Å². The van der Waals surface area contributed by atoms with Gasteiger partial charge < -0.3 is 4.74 Å². The summed E-state index contributed by atoms with van der Waals surface area (Å²) in [6.07, 6.45) is 0.317. The number of carbonyl (C=O) groups excluding carboxylic acids is 1. The van der Waals surface area contributed by atoms with E-state index in [-0.39, 0.29) is 12.0 Å². The van der Waals surface area contributed by atoms with Gasteiger partial charge in [0.2, 0.25) is 0 Å². The number of hydrogen-bond acceptors (Lipinski definition) is 2. The molecule has 26 heavy (non-hydrogen) atoms. The molecule has 0 aliphatic rings. The second-order valence-electron chi connectivity index (χ2n) is 6.04. The lowest BCUT2D eigenvalue weighted by atomic mass is 10.1. The third-order valence-corrected chi connectivity index (χ3v) is 6.85. The molecule has 0 saturated carbocycles. The van der Waals surface area contributed by atoms with Crippen molar-refractivity contribution in [2.24, 2.45) is 0 Å². The van der Waals surface area contributed by atoms with Crippen molar-refractivity contribution in [3.63, 3.8) is 0 Å². The first kappa shape index (κ1) is 20.6. The Bertz CT molecular complexity index is 775. The van der Waals surface area contributed by atoms with Crippen LogP contribution in [0.25, 0.3) is 0 Å². The van der Waals surface area contributed by atoms with Gasteiger partial charge in [0.15, 0.2) is 9.84 Å². The molecule has 0 aliphatic carbocycles. The highest BCUT2D eigenvalue weighted by Crippen LogP contribution is 3.00. The topological polar surface area (TPSA) is 26.3 Å². The van der Waals surface area contributed by atoms with Gasteiger partial charge in [0.25, 0.3) is 0 Å². The number of rotatable bonds is 7. The lowest BCUT2D eigenvalue weighted by Gasteiger charge is -2.51. The zero-order valence-corrected chi connectivity index (χ0v) is 15.6. The summed E-state index contributed by atoms with van der Waals surface area (Å²) >= 11 is 5.84. The van der Waals surface area contributed by atoms with Crippen molar-refractivity contribution in [3.8, 4) is 0 Å². The van der Waals surface area contributed by atoms with E-state index in [1.165, 1.54) is 0 Å². The molecule has 1 atom stereocenters. The highest BCUT2D eigenvalue weighted by atomic mass is 35.5. The van der Waals surface area contributed by atoms with Gasteiger partial charge in [-0.25, -0.2) is 4.79 Å². The Morgan fingerprint density at radius 3 is 2.15 bits per heavy atom. The van der Waals surface area contributed by atoms with Crippen molar-refractivity contribution < 1.29 is 25.1 Å². The van der Waals surface area contributed by atoms with Gasteiger partial charge in [-0.2, -0.15) is 0 Å². The summed E-state index contributed by atoms with van der Waals surface area (Å²) in [6.45, 7) is 0. The van der Waals surface area contributed by atoms with Crippen LogP contribution >= 0.6 is 21.4 Å². The zero-order valence-electron chi connectivity index (χ0n) is 14.0. The van der Waals surface area contributed by atoms with Crippen molar-refractivity contribution >= 4 is 27.4 Å². The molecule has 0 heterocycles. The zero-order chi connectivity index (χ0) is 19.5. The SMILES string of the molecule is COC(=O)c1ccc(S(F)(F)(F)(F)CC(Cl)CCc2ccccc2)cc1. The highest BCUT2D eigenvalue weighted by Gasteiger charge is 2.65. The standard InChI is InChI=1S/C18H19ClF4O2S/c1-25-18(24)15-8-11-17(12-9-15)26(20,21,22,23)13-16(19)10-7-14-5-3-2-4-6-14/h2-6,8-9,11-12,16H,7,10,13H2,1H3. The lowest BCUT2D eigenvalue weighted by molar-refractivity contribution is 0.0600. The van der Waals surface area contributed by atoms with E-state index in [9.17, 15) is 20.3 Å². The smallest absolute Gasteiger partial charge is 0.337 e. The fourth-order valence-electron chi connectivity index (χ4n) is 2.52. The van der Waals surface area contributed by atoms with E-state index in [4.69, 9.17) is 11.6 Å². The normalized spacial score (nSPS) is 15.6. The molecule has 144 valence electrons. The van der Waals surface area contributed by atoms with Crippen LogP contribution in [0.1, 0.15) is 22.3 Å². The number of hydrogen-bond donors (Lipinski definition) is 0.